The predicted octanol–water partition coefficient (Wildman–Crippen LogP) is 0.332. The second-order valence-electron chi connectivity index (χ2n) is 5.56. The second-order valence-corrected chi connectivity index (χ2v) is 5.56. The molecule has 104 valence electrons. The first kappa shape index (κ1) is 12.8. The van der Waals surface area contributed by atoms with Gasteiger partial charge in [0.25, 0.3) is 0 Å². The highest BCUT2D eigenvalue weighted by Crippen LogP contribution is 2.37. The fraction of sp³-hybridized carbons (Fsp3) is 1.00. The summed E-state index contributed by atoms with van der Waals surface area (Å²) in [6.07, 6.45) is 4.60. The third-order valence-electron chi connectivity index (χ3n) is 4.48. The topological polar surface area (TPSA) is 57.0 Å². The third kappa shape index (κ3) is 2.56. The molecule has 0 aromatic carbocycles. The minimum Gasteiger partial charge on any atom is -0.374 e. The smallest absolute Gasteiger partial charge is 0.168 e. The van der Waals surface area contributed by atoms with Gasteiger partial charge in [0.2, 0.25) is 0 Å². The van der Waals surface area contributed by atoms with Gasteiger partial charge >= 0.3 is 0 Å². The van der Waals surface area contributed by atoms with Crippen LogP contribution < -0.4 is 5.73 Å². The summed E-state index contributed by atoms with van der Waals surface area (Å²) in [5.41, 5.74) is 5.70. The molecule has 1 spiro atoms. The Hall–Kier alpha value is -0.200. The summed E-state index contributed by atoms with van der Waals surface area (Å²) in [6.45, 7) is 4.98. The molecule has 0 aromatic rings. The van der Waals surface area contributed by atoms with Crippen molar-refractivity contribution >= 4 is 0 Å². The predicted molar refractivity (Wildman–Crippen MR) is 67.3 cm³/mol. The Morgan fingerprint density at radius 2 is 1.83 bits per heavy atom. The van der Waals surface area contributed by atoms with Crippen LogP contribution in [0.1, 0.15) is 25.7 Å². The molecule has 3 fully saturated rings. The van der Waals surface area contributed by atoms with Gasteiger partial charge in [0.15, 0.2) is 5.79 Å². The van der Waals surface area contributed by atoms with E-state index in [0.717, 1.165) is 58.6 Å². The number of hydrogen-bond donors (Lipinski definition) is 1. The highest BCUT2D eigenvalue weighted by Gasteiger charge is 2.42. The molecule has 0 radical (unpaired) electrons. The molecule has 0 amide bonds. The third-order valence-corrected chi connectivity index (χ3v) is 4.48. The van der Waals surface area contributed by atoms with Crippen LogP contribution in [-0.2, 0) is 14.2 Å². The zero-order valence-corrected chi connectivity index (χ0v) is 11.0. The Balaban J connectivity index is 1.52. The highest BCUT2D eigenvalue weighted by atomic mass is 16.7. The van der Waals surface area contributed by atoms with Gasteiger partial charge in [0, 0.05) is 38.5 Å². The van der Waals surface area contributed by atoms with Crippen LogP contribution in [0.3, 0.4) is 0 Å². The highest BCUT2D eigenvalue weighted by molar-refractivity contribution is 4.88. The van der Waals surface area contributed by atoms with E-state index in [0.29, 0.717) is 12.6 Å². The maximum Gasteiger partial charge on any atom is 0.168 e. The molecule has 18 heavy (non-hydrogen) atoms. The Labute approximate surface area is 109 Å². The van der Waals surface area contributed by atoms with E-state index in [4.69, 9.17) is 19.9 Å². The van der Waals surface area contributed by atoms with Gasteiger partial charge in [0.1, 0.15) is 0 Å². The number of ether oxygens (including phenoxy) is 3. The fourth-order valence-corrected chi connectivity index (χ4v) is 3.41. The molecule has 1 aliphatic carbocycles. The van der Waals surface area contributed by atoms with E-state index in [9.17, 15) is 0 Å². The van der Waals surface area contributed by atoms with Crippen molar-refractivity contribution in [3.05, 3.63) is 0 Å². The van der Waals surface area contributed by atoms with Gasteiger partial charge in [-0.1, -0.05) is 0 Å². The van der Waals surface area contributed by atoms with Crippen molar-refractivity contribution in [1.29, 1.82) is 0 Å². The molecule has 3 aliphatic rings. The SMILES string of the molecule is NCC1CN(C2CCC3(CC2)OCCO3)CCO1. The van der Waals surface area contributed by atoms with Gasteiger partial charge in [0.05, 0.1) is 25.9 Å². The lowest BCUT2D eigenvalue weighted by atomic mass is 9.88. The molecule has 2 saturated heterocycles. The van der Waals surface area contributed by atoms with E-state index in [1.165, 1.54) is 0 Å². The van der Waals surface area contributed by atoms with Crippen molar-refractivity contribution in [1.82, 2.24) is 4.90 Å². The minimum atomic E-state index is -0.240. The van der Waals surface area contributed by atoms with E-state index in [2.05, 4.69) is 4.90 Å². The maximum absolute atomic E-state index is 5.77. The quantitative estimate of drug-likeness (QED) is 0.771. The van der Waals surface area contributed by atoms with Crippen molar-refractivity contribution in [3.8, 4) is 0 Å². The molecule has 0 bridgehead atoms. The van der Waals surface area contributed by atoms with Gasteiger partial charge in [-0.2, -0.15) is 0 Å². The zero-order valence-electron chi connectivity index (χ0n) is 11.0. The van der Waals surface area contributed by atoms with Crippen LogP contribution in [0.4, 0.5) is 0 Å². The molecule has 1 unspecified atom stereocenters. The zero-order chi connectivity index (χ0) is 12.4. The van der Waals surface area contributed by atoms with Crippen LogP contribution in [0.25, 0.3) is 0 Å². The number of hydrogen-bond acceptors (Lipinski definition) is 5. The lowest BCUT2D eigenvalue weighted by Gasteiger charge is -2.43. The Morgan fingerprint density at radius 3 is 2.50 bits per heavy atom. The standard InChI is InChI=1S/C13H24N2O3/c14-9-12-10-15(5-6-16-12)11-1-3-13(4-2-11)17-7-8-18-13/h11-12H,1-10,14H2. The number of nitrogens with two attached hydrogens (primary N) is 1. The summed E-state index contributed by atoms with van der Waals surface area (Å²) in [6, 6.07) is 0.654. The molecule has 2 N–H and O–H groups in total. The van der Waals surface area contributed by atoms with Gasteiger partial charge in [-0.05, 0) is 12.8 Å². The van der Waals surface area contributed by atoms with Crippen molar-refractivity contribution in [2.45, 2.75) is 43.6 Å². The van der Waals surface area contributed by atoms with E-state index in [-0.39, 0.29) is 11.9 Å². The Morgan fingerprint density at radius 1 is 1.11 bits per heavy atom. The van der Waals surface area contributed by atoms with Gasteiger partial charge in [-0.25, -0.2) is 0 Å². The monoisotopic (exact) mass is 256 g/mol. The fourth-order valence-electron chi connectivity index (χ4n) is 3.41. The lowest BCUT2D eigenvalue weighted by molar-refractivity contribution is -0.186. The molecule has 5 heteroatoms. The summed E-state index contributed by atoms with van der Waals surface area (Å²) in [5, 5.41) is 0. The molecular weight excluding hydrogens is 232 g/mol. The van der Waals surface area contributed by atoms with E-state index >= 15 is 0 Å². The maximum atomic E-state index is 5.77. The summed E-state index contributed by atoms with van der Waals surface area (Å²) < 4.78 is 17.2. The normalized spacial score (nSPS) is 34.2. The van der Waals surface area contributed by atoms with Gasteiger partial charge in [-0.3, -0.25) is 4.90 Å². The van der Waals surface area contributed by atoms with Crippen LogP contribution in [0.15, 0.2) is 0 Å². The van der Waals surface area contributed by atoms with Crippen molar-refractivity contribution in [3.63, 3.8) is 0 Å². The minimum absolute atomic E-state index is 0.216. The first-order chi connectivity index (χ1) is 8.81. The van der Waals surface area contributed by atoms with Gasteiger partial charge < -0.3 is 19.9 Å². The van der Waals surface area contributed by atoms with Gasteiger partial charge in [-0.15, -0.1) is 0 Å². The number of nitrogens with zero attached hydrogens (tertiary/aromatic N) is 1. The van der Waals surface area contributed by atoms with Crippen molar-refractivity contribution in [2.24, 2.45) is 5.73 Å². The molecule has 3 rings (SSSR count). The average Bonchev–Trinajstić information content (AvgIpc) is 2.88. The molecule has 5 nitrogen and oxygen atoms in total. The Kier molecular flexibility index (Phi) is 3.86. The van der Waals surface area contributed by atoms with Crippen LogP contribution in [0.2, 0.25) is 0 Å². The largest absolute Gasteiger partial charge is 0.374 e. The molecule has 1 saturated carbocycles. The lowest BCUT2D eigenvalue weighted by Crippen LogP contribution is -2.52. The molecule has 2 heterocycles. The van der Waals surface area contributed by atoms with Crippen LogP contribution in [0, 0.1) is 0 Å². The van der Waals surface area contributed by atoms with Crippen molar-refractivity contribution < 1.29 is 14.2 Å². The first-order valence-electron chi connectivity index (χ1n) is 7.15. The summed E-state index contributed by atoms with van der Waals surface area (Å²) in [4.78, 5) is 2.54. The van der Waals surface area contributed by atoms with Crippen LogP contribution in [-0.4, -0.2) is 62.3 Å². The second kappa shape index (κ2) is 5.43. The summed E-state index contributed by atoms with van der Waals surface area (Å²) >= 11 is 0. The molecule has 2 aliphatic heterocycles. The molecule has 0 aromatic heterocycles. The Bertz CT molecular complexity index is 271. The van der Waals surface area contributed by atoms with E-state index in [1.807, 2.05) is 0 Å². The van der Waals surface area contributed by atoms with Crippen LogP contribution >= 0.6 is 0 Å². The molecule has 1 atom stereocenters. The van der Waals surface area contributed by atoms with E-state index < -0.39 is 0 Å². The first-order valence-corrected chi connectivity index (χ1v) is 7.15. The molecular formula is C13H24N2O3. The summed E-state index contributed by atoms with van der Waals surface area (Å²) in [5.74, 6) is -0.240. The summed E-state index contributed by atoms with van der Waals surface area (Å²) in [7, 11) is 0. The van der Waals surface area contributed by atoms with Crippen LogP contribution in [0.5, 0.6) is 0 Å². The number of morpholine rings is 1. The number of rotatable bonds is 2. The average molecular weight is 256 g/mol. The van der Waals surface area contributed by atoms with E-state index in [1.54, 1.807) is 0 Å². The van der Waals surface area contributed by atoms with Crippen molar-refractivity contribution in [2.75, 3.05) is 39.5 Å².